The smallest absolute Gasteiger partial charge is 0.318 e. The van der Waals surface area contributed by atoms with Gasteiger partial charge in [0.1, 0.15) is 5.78 Å². The van der Waals surface area contributed by atoms with Crippen LogP contribution in [0.5, 0.6) is 0 Å². The van der Waals surface area contributed by atoms with Crippen molar-refractivity contribution < 1.29 is 13.6 Å². The Morgan fingerprint density at radius 3 is 1.78 bits per heavy atom. The van der Waals surface area contributed by atoms with Crippen LogP contribution in [0.25, 0.3) is 0 Å². The summed E-state index contributed by atoms with van der Waals surface area (Å²) in [5.41, 5.74) is 5.28. The Labute approximate surface area is 54.9 Å². The van der Waals surface area contributed by atoms with Gasteiger partial charge in [-0.25, -0.2) is 0 Å². The Hall–Kier alpha value is 0.110. The molecular formula is C4H12NO3P. The molecule has 0 aromatic carbocycles. The second kappa shape index (κ2) is 3.32. The molecule has 0 rings (SSSR count). The van der Waals surface area contributed by atoms with E-state index in [0.29, 0.717) is 0 Å². The molecule has 0 bridgehead atoms. The average molecular weight is 153 g/mol. The molecule has 0 saturated heterocycles. The van der Waals surface area contributed by atoms with E-state index >= 15 is 0 Å². The van der Waals surface area contributed by atoms with E-state index in [2.05, 4.69) is 9.05 Å². The minimum atomic E-state index is -2.98. The zero-order valence-corrected chi connectivity index (χ0v) is 6.72. The van der Waals surface area contributed by atoms with E-state index in [1.165, 1.54) is 14.2 Å². The molecule has 56 valence electrons. The summed E-state index contributed by atoms with van der Waals surface area (Å²) in [7, 11) is -0.349. The number of hydrogen-bond donors (Lipinski definition) is 1. The van der Waals surface area contributed by atoms with Gasteiger partial charge >= 0.3 is 7.60 Å². The maximum Gasteiger partial charge on any atom is 0.346 e. The molecule has 0 amide bonds. The molecule has 0 aliphatic heterocycles. The lowest BCUT2D eigenvalue weighted by Gasteiger charge is -2.16. The minimum absolute atomic E-state index is 0.563. The normalized spacial score (nSPS) is 15.6. The Morgan fingerprint density at radius 2 is 1.78 bits per heavy atom. The highest BCUT2D eigenvalue weighted by Crippen LogP contribution is 2.48. The zero-order valence-electron chi connectivity index (χ0n) is 5.83. The van der Waals surface area contributed by atoms with Gasteiger partial charge in [0.05, 0.1) is 0 Å². The molecule has 0 aromatic rings. The van der Waals surface area contributed by atoms with Gasteiger partial charge in [0, 0.05) is 14.2 Å². The number of nitrogens with two attached hydrogens (primary N) is 1. The molecule has 1 atom stereocenters. The largest absolute Gasteiger partial charge is 0.346 e. The lowest BCUT2D eigenvalue weighted by molar-refractivity contribution is 0.268. The van der Waals surface area contributed by atoms with Gasteiger partial charge < -0.3 is 14.8 Å². The number of rotatable bonds is 3. The van der Waals surface area contributed by atoms with Crippen molar-refractivity contribution in [3.63, 3.8) is 0 Å². The summed E-state index contributed by atoms with van der Waals surface area (Å²) in [5.74, 6) is -0.563. The zero-order chi connectivity index (χ0) is 7.49. The second-order valence-electron chi connectivity index (χ2n) is 1.65. The van der Waals surface area contributed by atoms with Crippen LogP contribution in [-0.2, 0) is 13.6 Å². The van der Waals surface area contributed by atoms with Gasteiger partial charge in [0.25, 0.3) is 0 Å². The summed E-state index contributed by atoms with van der Waals surface area (Å²) in [5, 5.41) is 0. The van der Waals surface area contributed by atoms with E-state index in [1.807, 2.05) is 0 Å². The van der Waals surface area contributed by atoms with Crippen LogP contribution in [0, 0.1) is 0 Å². The van der Waals surface area contributed by atoms with Gasteiger partial charge in [-0.3, -0.25) is 4.57 Å². The van der Waals surface area contributed by atoms with Crippen LogP contribution in [0.2, 0.25) is 0 Å². The number of hydrogen-bond acceptors (Lipinski definition) is 4. The summed E-state index contributed by atoms with van der Waals surface area (Å²) in [6.07, 6.45) is 0. The summed E-state index contributed by atoms with van der Waals surface area (Å²) in [6.45, 7) is 1.58. The monoisotopic (exact) mass is 153 g/mol. The summed E-state index contributed by atoms with van der Waals surface area (Å²) in [4.78, 5) is 0. The molecule has 0 unspecified atom stereocenters. The van der Waals surface area contributed by atoms with Crippen molar-refractivity contribution >= 4 is 7.60 Å². The van der Waals surface area contributed by atoms with Gasteiger partial charge in [-0.1, -0.05) is 0 Å². The molecule has 0 spiro atoms. The first-order valence-electron chi connectivity index (χ1n) is 2.53. The van der Waals surface area contributed by atoms with E-state index in [-0.39, 0.29) is 0 Å². The maximum absolute atomic E-state index is 11.1. The van der Waals surface area contributed by atoms with Crippen LogP contribution in [0.1, 0.15) is 6.92 Å². The van der Waals surface area contributed by atoms with Gasteiger partial charge in [0.2, 0.25) is 0 Å². The molecule has 0 radical (unpaired) electrons. The summed E-state index contributed by atoms with van der Waals surface area (Å²) >= 11 is 0. The highest BCUT2D eigenvalue weighted by molar-refractivity contribution is 7.54. The third-order valence-corrected chi connectivity index (χ3v) is 3.02. The van der Waals surface area contributed by atoms with Crippen molar-refractivity contribution in [2.75, 3.05) is 14.2 Å². The molecule has 0 saturated carbocycles. The fourth-order valence-electron chi connectivity index (χ4n) is 0.407. The predicted octanol–water partition coefficient (Wildman–Crippen LogP) is 0.777. The average Bonchev–Trinajstić information content (AvgIpc) is 1.86. The van der Waals surface area contributed by atoms with Gasteiger partial charge in [-0.15, -0.1) is 0 Å². The Bertz CT molecular complexity index is 117. The lowest BCUT2D eigenvalue weighted by Crippen LogP contribution is -2.17. The SMILES string of the molecule is COP(=O)(OC)[C@@H](C)N. The molecule has 0 fully saturated rings. The molecule has 0 heterocycles. The van der Waals surface area contributed by atoms with Crippen LogP contribution in [0.3, 0.4) is 0 Å². The Balaban J connectivity index is 4.11. The van der Waals surface area contributed by atoms with Crippen molar-refractivity contribution in [2.45, 2.75) is 12.7 Å². The third-order valence-electron chi connectivity index (χ3n) is 1.01. The quantitative estimate of drug-likeness (QED) is 0.608. The van der Waals surface area contributed by atoms with Crippen LogP contribution in [-0.4, -0.2) is 20.0 Å². The van der Waals surface area contributed by atoms with Crippen molar-refractivity contribution in [3.8, 4) is 0 Å². The van der Waals surface area contributed by atoms with E-state index < -0.39 is 13.4 Å². The van der Waals surface area contributed by atoms with Crippen LogP contribution in [0.15, 0.2) is 0 Å². The van der Waals surface area contributed by atoms with Gasteiger partial charge in [0.15, 0.2) is 0 Å². The second-order valence-corrected chi connectivity index (χ2v) is 4.27. The first kappa shape index (κ1) is 9.11. The highest BCUT2D eigenvalue weighted by atomic mass is 31.2. The molecular weight excluding hydrogens is 141 g/mol. The summed E-state index contributed by atoms with van der Waals surface area (Å²) in [6, 6.07) is 0. The Kier molecular flexibility index (Phi) is 3.36. The van der Waals surface area contributed by atoms with E-state index in [1.54, 1.807) is 6.92 Å². The fraction of sp³-hybridized carbons (Fsp3) is 1.00. The molecule has 9 heavy (non-hydrogen) atoms. The predicted molar refractivity (Wildman–Crippen MR) is 35.3 cm³/mol. The van der Waals surface area contributed by atoms with Crippen molar-refractivity contribution in [3.05, 3.63) is 0 Å². The molecule has 0 aliphatic carbocycles. The van der Waals surface area contributed by atoms with Gasteiger partial charge in [-0.2, -0.15) is 0 Å². The third kappa shape index (κ3) is 2.06. The lowest BCUT2D eigenvalue weighted by atomic mass is 10.8. The molecule has 5 heteroatoms. The van der Waals surface area contributed by atoms with Crippen LogP contribution < -0.4 is 5.73 Å². The maximum atomic E-state index is 11.1. The first-order valence-corrected chi connectivity index (χ1v) is 4.14. The molecule has 0 aromatic heterocycles. The topological polar surface area (TPSA) is 61.5 Å². The molecule has 0 aliphatic rings. The first-order chi connectivity index (χ1) is 4.06. The highest BCUT2D eigenvalue weighted by Gasteiger charge is 2.25. The van der Waals surface area contributed by atoms with Crippen LogP contribution in [0.4, 0.5) is 0 Å². The Morgan fingerprint density at radius 1 is 1.44 bits per heavy atom. The summed E-state index contributed by atoms with van der Waals surface area (Å²) < 4.78 is 20.2. The van der Waals surface area contributed by atoms with Crippen molar-refractivity contribution in [1.29, 1.82) is 0 Å². The minimum Gasteiger partial charge on any atom is -0.318 e. The van der Waals surface area contributed by atoms with Crippen molar-refractivity contribution in [1.82, 2.24) is 0 Å². The van der Waals surface area contributed by atoms with E-state index in [9.17, 15) is 4.57 Å². The molecule has 2 N–H and O–H groups in total. The fourth-order valence-corrected chi connectivity index (χ4v) is 1.22. The van der Waals surface area contributed by atoms with Gasteiger partial charge in [-0.05, 0) is 6.92 Å². The molecule has 4 nitrogen and oxygen atoms in total. The van der Waals surface area contributed by atoms with E-state index in [4.69, 9.17) is 5.73 Å². The van der Waals surface area contributed by atoms with E-state index in [0.717, 1.165) is 0 Å². The standard InChI is InChI=1S/C4H12NO3P/c1-4(5)9(6,7-2)8-3/h4H,5H2,1-3H3/t4-/m0/s1. The van der Waals surface area contributed by atoms with Crippen molar-refractivity contribution in [2.24, 2.45) is 5.73 Å². The van der Waals surface area contributed by atoms with Crippen LogP contribution >= 0.6 is 7.60 Å².